The number of nitrogens with zero attached hydrogens (tertiary/aromatic N) is 1. The van der Waals surface area contributed by atoms with E-state index < -0.39 is 5.54 Å². The van der Waals surface area contributed by atoms with Gasteiger partial charge < -0.3 is 9.64 Å². The summed E-state index contributed by atoms with van der Waals surface area (Å²) in [5, 5.41) is 2.46. The van der Waals surface area contributed by atoms with Crippen LogP contribution in [0.15, 0.2) is 0 Å². The first-order valence-electron chi connectivity index (χ1n) is 6.81. The number of nitrogens with one attached hydrogen (secondary N) is 1. The molecule has 2 fully saturated rings. The summed E-state index contributed by atoms with van der Waals surface area (Å²) in [6, 6.07) is -0.255. The highest BCUT2D eigenvalue weighted by atomic mass is 16.5. The number of carbonyl (C=O) groups is 2. The lowest BCUT2D eigenvalue weighted by Crippen LogP contribution is -2.52. The Bertz CT molecular complexity index is 335. The zero-order valence-corrected chi connectivity index (χ0v) is 11.2. The lowest BCUT2D eigenvalue weighted by atomic mass is 9.80. The van der Waals surface area contributed by atoms with E-state index in [-0.39, 0.29) is 18.0 Å². The van der Waals surface area contributed by atoms with Gasteiger partial charge in [0.1, 0.15) is 5.54 Å². The minimum Gasteiger partial charge on any atom is -0.377 e. The van der Waals surface area contributed by atoms with Crippen molar-refractivity contribution in [1.29, 1.82) is 0 Å². The molecule has 0 unspecified atom stereocenters. The summed E-state index contributed by atoms with van der Waals surface area (Å²) < 4.78 is 5.49. The van der Waals surface area contributed by atoms with Gasteiger partial charge in [0.05, 0.1) is 12.7 Å². The SMILES string of the molecule is CC(C)OCCN1C(=O)NC(=O)C12CCCCC2. The molecule has 1 N–H and O–H groups in total. The van der Waals surface area contributed by atoms with Crippen molar-refractivity contribution in [2.75, 3.05) is 13.2 Å². The molecule has 1 saturated carbocycles. The third-order valence-electron chi connectivity index (χ3n) is 3.85. The van der Waals surface area contributed by atoms with Crippen LogP contribution in [0.2, 0.25) is 0 Å². The van der Waals surface area contributed by atoms with Gasteiger partial charge in [0.2, 0.25) is 0 Å². The Kier molecular flexibility index (Phi) is 3.90. The Morgan fingerprint density at radius 2 is 1.94 bits per heavy atom. The lowest BCUT2D eigenvalue weighted by molar-refractivity contribution is -0.128. The van der Waals surface area contributed by atoms with Crippen molar-refractivity contribution in [2.24, 2.45) is 0 Å². The first-order chi connectivity index (χ1) is 8.56. The normalized spacial score (nSPS) is 22.9. The Labute approximate surface area is 108 Å². The van der Waals surface area contributed by atoms with Crippen LogP contribution >= 0.6 is 0 Å². The van der Waals surface area contributed by atoms with E-state index in [9.17, 15) is 9.59 Å². The molecule has 3 amide bonds. The predicted octanol–water partition coefficient (Wildman–Crippen LogP) is 1.67. The number of imide groups is 1. The van der Waals surface area contributed by atoms with E-state index in [0.29, 0.717) is 13.2 Å². The van der Waals surface area contributed by atoms with Gasteiger partial charge in [-0.1, -0.05) is 19.3 Å². The van der Waals surface area contributed by atoms with Gasteiger partial charge in [0.25, 0.3) is 5.91 Å². The van der Waals surface area contributed by atoms with Gasteiger partial charge in [-0.05, 0) is 26.7 Å². The van der Waals surface area contributed by atoms with Crippen molar-refractivity contribution < 1.29 is 14.3 Å². The van der Waals surface area contributed by atoms with Crippen LogP contribution < -0.4 is 5.32 Å². The Morgan fingerprint density at radius 1 is 1.28 bits per heavy atom. The van der Waals surface area contributed by atoms with Gasteiger partial charge >= 0.3 is 6.03 Å². The third-order valence-corrected chi connectivity index (χ3v) is 3.85. The summed E-state index contributed by atoms with van der Waals surface area (Å²) in [4.78, 5) is 25.6. The van der Waals surface area contributed by atoms with Gasteiger partial charge in [-0.2, -0.15) is 0 Å². The van der Waals surface area contributed by atoms with Gasteiger partial charge in [0.15, 0.2) is 0 Å². The molecule has 18 heavy (non-hydrogen) atoms. The van der Waals surface area contributed by atoms with Gasteiger partial charge in [-0.25, -0.2) is 4.79 Å². The van der Waals surface area contributed by atoms with Crippen molar-refractivity contribution in [2.45, 2.75) is 57.6 Å². The summed E-state index contributed by atoms with van der Waals surface area (Å²) in [6.45, 7) is 4.91. The Hall–Kier alpha value is -1.10. The zero-order valence-electron chi connectivity index (χ0n) is 11.2. The van der Waals surface area contributed by atoms with E-state index in [1.807, 2.05) is 13.8 Å². The molecule has 0 aromatic heterocycles. The molecule has 5 heteroatoms. The monoisotopic (exact) mass is 254 g/mol. The van der Waals surface area contributed by atoms with E-state index in [1.54, 1.807) is 4.90 Å². The van der Waals surface area contributed by atoms with Crippen LogP contribution in [0.25, 0.3) is 0 Å². The van der Waals surface area contributed by atoms with Crippen LogP contribution in [0.3, 0.4) is 0 Å². The molecule has 0 aromatic rings. The summed E-state index contributed by atoms with van der Waals surface area (Å²) >= 11 is 0. The fourth-order valence-corrected chi connectivity index (χ4v) is 2.93. The highest BCUT2D eigenvalue weighted by molar-refractivity contribution is 6.07. The van der Waals surface area contributed by atoms with Crippen molar-refractivity contribution in [3.8, 4) is 0 Å². The third kappa shape index (κ3) is 2.36. The van der Waals surface area contributed by atoms with Crippen LogP contribution in [-0.2, 0) is 9.53 Å². The maximum absolute atomic E-state index is 12.1. The number of amides is 3. The Morgan fingerprint density at radius 3 is 2.56 bits per heavy atom. The molecule has 2 rings (SSSR count). The van der Waals surface area contributed by atoms with E-state index in [2.05, 4.69) is 5.32 Å². The second-order valence-electron chi connectivity index (χ2n) is 5.42. The molecule has 1 aliphatic carbocycles. The van der Waals surface area contributed by atoms with Crippen LogP contribution in [0.4, 0.5) is 4.79 Å². The topological polar surface area (TPSA) is 58.6 Å². The molecule has 0 atom stereocenters. The zero-order chi connectivity index (χ0) is 13.2. The molecule has 1 heterocycles. The summed E-state index contributed by atoms with van der Waals surface area (Å²) in [6.07, 6.45) is 4.90. The maximum Gasteiger partial charge on any atom is 0.325 e. The number of rotatable bonds is 4. The maximum atomic E-state index is 12.1. The molecule has 0 radical (unpaired) electrons. The van der Waals surface area contributed by atoms with Crippen molar-refractivity contribution in [3.05, 3.63) is 0 Å². The minimum absolute atomic E-state index is 0.114. The van der Waals surface area contributed by atoms with Crippen LogP contribution in [-0.4, -0.2) is 41.6 Å². The molecule has 0 aromatic carbocycles. The standard InChI is InChI=1S/C13H22N2O3/c1-10(2)18-9-8-15-12(17)14-11(16)13(15)6-4-3-5-7-13/h10H,3-9H2,1-2H3,(H,14,16,17). The van der Waals surface area contributed by atoms with Crippen molar-refractivity contribution in [1.82, 2.24) is 10.2 Å². The summed E-state index contributed by atoms with van der Waals surface area (Å²) in [5.41, 5.74) is -0.588. The number of hydrogen-bond acceptors (Lipinski definition) is 3. The van der Waals surface area contributed by atoms with E-state index in [4.69, 9.17) is 4.74 Å². The molecule has 1 aliphatic heterocycles. The molecule has 1 saturated heterocycles. The molecule has 1 spiro atoms. The van der Waals surface area contributed by atoms with E-state index in [1.165, 1.54) is 0 Å². The largest absolute Gasteiger partial charge is 0.377 e. The molecule has 0 bridgehead atoms. The Balaban J connectivity index is 2.04. The van der Waals surface area contributed by atoms with Gasteiger partial charge in [-0.15, -0.1) is 0 Å². The lowest BCUT2D eigenvalue weighted by Gasteiger charge is -2.38. The van der Waals surface area contributed by atoms with E-state index in [0.717, 1.165) is 32.1 Å². The second-order valence-corrected chi connectivity index (χ2v) is 5.42. The highest BCUT2D eigenvalue weighted by Gasteiger charge is 2.52. The number of ether oxygens (including phenoxy) is 1. The molecule has 2 aliphatic rings. The average Bonchev–Trinajstić information content (AvgIpc) is 2.54. The summed E-state index contributed by atoms with van der Waals surface area (Å²) in [5.74, 6) is -0.114. The fraction of sp³-hybridized carbons (Fsp3) is 0.846. The van der Waals surface area contributed by atoms with Crippen LogP contribution in [0.1, 0.15) is 46.0 Å². The molecular formula is C13H22N2O3. The fourth-order valence-electron chi connectivity index (χ4n) is 2.93. The first-order valence-corrected chi connectivity index (χ1v) is 6.81. The van der Waals surface area contributed by atoms with E-state index >= 15 is 0 Å². The first kappa shape index (κ1) is 13.3. The molecular weight excluding hydrogens is 232 g/mol. The molecule has 5 nitrogen and oxygen atoms in total. The molecule has 102 valence electrons. The minimum atomic E-state index is -0.588. The van der Waals surface area contributed by atoms with Crippen LogP contribution in [0.5, 0.6) is 0 Å². The second kappa shape index (κ2) is 5.26. The average molecular weight is 254 g/mol. The number of hydrogen-bond donors (Lipinski definition) is 1. The van der Waals surface area contributed by atoms with Gasteiger partial charge in [0, 0.05) is 6.54 Å². The highest BCUT2D eigenvalue weighted by Crippen LogP contribution is 2.36. The van der Waals surface area contributed by atoms with Crippen LogP contribution in [0, 0.1) is 0 Å². The van der Waals surface area contributed by atoms with Crippen molar-refractivity contribution in [3.63, 3.8) is 0 Å². The summed E-state index contributed by atoms with van der Waals surface area (Å²) in [7, 11) is 0. The van der Waals surface area contributed by atoms with Crippen molar-refractivity contribution >= 4 is 11.9 Å². The smallest absolute Gasteiger partial charge is 0.325 e. The van der Waals surface area contributed by atoms with Gasteiger partial charge in [-0.3, -0.25) is 10.1 Å². The number of urea groups is 1. The number of carbonyl (C=O) groups excluding carboxylic acids is 2. The quantitative estimate of drug-likeness (QED) is 0.776. The predicted molar refractivity (Wildman–Crippen MR) is 67.1 cm³/mol.